The number of esters is 1. The molecule has 0 amide bonds. The summed E-state index contributed by atoms with van der Waals surface area (Å²) in [6.07, 6.45) is 8.58. The van der Waals surface area contributed by atoms with E-state index in [0.29, 0.717) is 18.9 Å². The van der Waals surface area contributed by atoms with Gasteiger partial charge in [-0.05, 0) is 49.4 Å². The number of halogens is 1. The molecule has 0 bridgehead atoms. The molecule has 0 saturated heterocycles. The molecule has 1 aliphatic rings. The van der Waals surface area contributed by atoms with Gasteiger partial charge in [-0.2, -0.15) is 0 Å². The van der Waals surface area contributed by atoms with Crippen LogP contribution in [0.4, 0.5) is 0 Å². The van der Waals surface area contributed by atoms with E-state index in [2.05, 4.69) is 42.3 Å². The minimum absolute atomic E-state index is 0. The number of ether oxygens (including phenoxy) is 1. The molecular formula is C18H28ClNO2S. The second-order valence-corrected chi connectivity index (χ2v) is 6.69. The fourth-order valence-corrected chi connectivity index (χ4v) is 3.84. The van der Waals surface area contributed by atoms with Crippen molar-refractivity contribution in [3.8, 4) is 0 Å². The molecule has 5 heteroatoms. The van der Waals surface area contributed by atoms with Gasteiger partial charge in [-0.15, -0.1) is 23.7 Å². The Bertz CT molecular complexity index is 497. The second kappa shape index (κ2) is 10.8. The Morgan fingerprint density at radius 2 is 2.17 bits per heavy atom. The van der Waals surface area contributed by atoms with E-state index in [1.54, 1.807) is 11.3 Å². The molecule has 0 aromatic carbocycles. The largest absolute Gasteiger partial charge is 0.464 e. The minimum atomic E-state index is -0.101. The first-order chi connectivity index (χ1) is 10.7. The van der Waals surface area contributed by atoms with Crippen LogP contribution in [0.2, 0.25) is 0 Å². The van der Waals surface area contributed by atoms with Gasteiger partial charge in [0.15, 0.2) is 0 Å². The molecule has 3 nitrogen and oxygen atoms in total. The Morgan fingerprint density at radius 1 is 1.39 bits per heavy atom. The fraction of sp³-hybridized carbons (Fsp3) is 0.611. The molecule has 0 N–H and O–H groups in total. The minimum Gasteiger partial charge on any atom is -0.464 e. The SMILES string of the molecule is CCN(CC)CCOC(=O)Cc1sccc1C1C=CCCC1.Cl. The zero-order valence-electron chi connectivity index (χ0n) is 14.1. The maximum Gasteiger partial charge on any atom is 0.311 e. The van der Waals surface area contributed by atoms with E-state index in [4.69, 9.17) is 4.74 Å². The van der Waals surface area contributed by atoms with Crippen LogP contribution in [0.5, 0.6) is 0 Å². The van der Waals surface area contributed by atoms with Crippen molar-refractivity contribution in [2.75, 3.05) is 26.2 Å². The highest BCUT2D eigenvalue weighted by Gasteiger charge is 2.18. The van der Waals surface area contributed by atoms with Gasteiger partial charge in [0.05, 0.1) is 6.42 Å². The highest BCUT2D eigenvalue weighted by atomic mass is 35.5. The lowest BCUT2D eigenvalue weighted by Gasteiger charge is -2.18. The van der Waals surface area contributed by atoms with E-state index in [1.165, 1.54) is 29.7 Å². The summed E-state index contributed by atoms with van der Waals surface area (Å²) in [6, 6.07) is 2.17. The predicted octanol–water partition coefficient (Wildman–Crippen LogP) is 4.42. The quantitative estimate of drug-likeness (QED) is 0.509. The third-order valence-electron chi connectivity index (χ3n) is 4.30. The van der Waals surface area contributed by atoms with Gasteiger partial charge < -0.3 is 9.64 Å². The highest BCUT2D eigenvalue weighted by Crippen LogP contribution is 2.33. The van der Waals surface area contributed by atoms with Crippen LogP contribution in [0, 0.1) is 0 Å². The third kappa shape index (κ3) is 6.28. The normalized spacial score (nSPS) is 17.1. The molecule has 1 aromatic rings. The smallest absolute Gasteiger partial charge is 0.311 e. The van der Waals surface area contributed by atoms with Crippen LogP contribution in [0.25, 0.3) is 0 Å². The van der Waals surface area contributed by atoms with Crippen LogP contribution in [-0.2, 0) is 16.0 Å². The Morgan fingerprint density at radius 3 is 2.83 bits per heavy atom. The van der Waals surface area contributed by atoms with Gasteiger partial charge in [0.1, 0.15) is 6.61 Å². The van der Waals surface area contributed by atoms with E-state index in [0.717, 1.165) is 19.6 Å². The molecule has 0 aliphatic heterocycles. The molecule has 0 fully saturated rings. The summed E-state index contributed by atoms with van der Waals surface area (Å²) in [4.78, 5) is 15.5. The first kappa shape index (κ1) is 20.2. The number of carbonyl (C=O) groups excluding carboxylic acids is 1. The molecule has 1 unspecified atom stereocenters. The summed E-state index contributed by atoms with van der Waals surface area (Å²) in [5, 5.41) is 2.09. The Kier molecular flexibility index (Phi) is 9.53. The average molecular weight is 358 g/mol. The van der Waals surface area contributed by atoms with Crippen molar-refractivity contribution < 1.29 is 9.53 Å². The molecule has 1 atom stereocenters. The van der Waals surface area contributed by atoms with Crippen molar-refractivity contribution >= 4 is 29.7 Å². The fourth-order valence-electron chi connectivity index (χ4n) is 2.91. The van der Waals surface area contributed by atoms with Crippen LogP contribution in [0.1, 0.15) is 49.5 Å². The van der Waals surface area contributed by atoms with Crippen molar-refractivity contribution in [1.29, 1.82) is 0 Å². The van der Waals surface area contributed by atoms with E-state index in [-0.39, 0.29) is 18.4 Å². The molecule has 1 aliphatic carbocycles. The number of carbonyl (C=O) groups is 1. The van der Waals surface area contributed by atoms with E-state index >= 15 is 0 Å². The van der Waals surface area contributed by atoms with Crippen LogP contribution < -0.4 is 0 Å². The first-order valence-corrected chi connectivity index (χ1v) is 9.23. The topological polar surface area (TPSA) is 29.5 Å². The Labute approximate surface area is 150 Å². The molecule has 1 heterocycles. The number of thiophene rings is 1. The van der Waals surface area contributed by atoms with E-state index in [9.17, 15) is 4.79 Å². The molecule has 0 spiro atoms. The molecule has 130 valence electrons. The summed E-state index contributed by atoms with van der Waals surface area (Å²) in [5.41, 5.74) is 1.32. The van der Waals surface area contributed by atoms with Crippen LogP contribution in [-0.4, -0.2) is 37.1 Å². The van der Waals surface area contributed by atoms with Crippen molar-refractivity contribution in [2.24, 2.45) is 0 Å². The lowest BCUT2D eigenvalue weighted by atomic mass is 9.89. The zero-order valence-corrected chi connectivity index (χ0v) is 15.8. The summed E-state index contributed by atoms with van der Waals surface area (Å²) in [6.45, 7) is 7.56. The van der Waals surface area contributed by atoms with E-state index in [1.807, 2.05) is 0 Å². The predicted molar refractivity (Wildman–Crippen MR) is 99.8 cm³/mol. The molecule has 2 rings (SSSR count). The number of rotatable bonds is 8. The van der Waals surface area contributed by atoms with Gasteiger partial charge >= 0.3 is 5.97 Å². The van der Waals surface area contributed by atoms with Gasteiger partial charge in [0.25, 0.3) is 0 Å². The molecule has 0 radical (unpaired) electrons. The van der Waals surface area contributed by atoms with Gasteiger partial charge in [0, 0.05) is 17.3 Å². The third-order valence-corrected chi connectivity index (χ3v) is 5.24. The molecular weight excluding hydrogens is 330 g/mol. The maximum atomic E-state index is 12.1. The first-order valence-electron chi connectivity index (χ1n) is 8.35. The van der Waals surface area contributed by atoms with Crippen molar-refractivity contribution in [2.45, 2.75) is 45.4 Å². The van der Waals surface area contributed by atoms with Crippen molar-refractivity contribution in [3.63, 3.8) is 0 Å². The van der Waals surface area contributed by atoms with Gasteiger partial charge in [0.2, 0.25) is 0 Å². The maximum absolute atomic E-state index is 12.1. The number of hydrogen-bond donors (Lipinski definition) is 0. The summed E-state index contributed by atoms with van der Waals surface area (Å²) < 4.78 is 5.40. The van der Waals surface area contributed by atoms with Gasteiger partial charge in [-0.1, -0.05) is 26.0 Å². The zero-order chi connectivity index (χ0) is 15.8. The molecule has 23 heavy (non-hydrogen) atoms. The van der Waals surface area contributed by atoms with Crippen LogP contribution in [0.15, 0.2) is 23.6 Å². The number of likely N-dealkylation sites (N-methyl/N-ethyl adjacent to an activating group) is 1. The second-order valence-electron chi connectivity index (χ2n) is 5.69. The lowest BCUT2D eigenvalue weighted by molar-refractivity contribution is -0.143. The average Bonchev–Trinajstić information content (AvgIpc) is 3.00. The van der Waals surface area contributed by atoms with Crippen molar-refractivity contribution in [3.05, 3.63) is 34.0 Å². The standard InChI is InChI=1S/C18H27NO2S.ClH/c1-3-19(4-2)11-12-21-18(20)14-17-16(10-13-22-17)15-8-6-5-7-9-15;/h6,8,10,13,15H,3-5,7,9,11-12,14H2,1-2H3;1H. The number of hydrogen-bond acceptors (Lipinski definition) is 4. The lowest BCUT2D eigenvalue weighted by Crippen LogP contribution is -2.28. The molecule has 1 aromatic heterocycles. The summed E-state index contributed by atoms with van der Waals surface area (Å²) >= 11 is 1.68. The summed E-state index contributed by atoms with van der Waals surface area (Å²) in [7, 11) is 0. The number of allylic oxidation sites excluding steroid dienone is 2. The van der Waals surface area contributed by atoms with Gasteiger partial charge in [-0.3, -0.25) is 4.79 Å². The van der Waals surface area contributed by atoms with Gasteiger partial charge in [-0.25, -0.2) is 0 Å². The Hall–Kier alpha value is -0.840. The summed E-state index contributed by atoms with van der Waals surface area (Å²) in [5.74, 6) is 0.383. The highest BCUT2D eigenvalue weighted by molar-refractivity contribution is 7.10. The number of nitrogens with zero attached hydrogens (tertiary/aromatic N) is 1. The van der Waals surface area contributed by atoms with Crippen molar-refractivity contribution in [1.82, 2.24) is 4.90 Å². The van der Waals surface area contributed by atoms with E-state index < -0.39 is 0 Å². The molecule has 0 saturated carbocycles. The van der Waals surface area contributed by atoms with Crippen LogP contribution in [0.3, 0.4) is 0 Å². The Balaban J connectivity index is 0.00000264. The monoisotopic (exact) mass is 357 g/mol. The van der Waals surface area contributed by atoms with Crippen LogP contribution >= 0.6 is 23.7 Å².